The average molecular weight is 319 g/mol. The van der Waals surface area contributed by atoms with Crippen molar-refractivity contribution in [1.29, 1.82) is 0 Å². The minimum atomic E-state index is -0.270. The van der Waals surface area contributed by atoms with E-state index in [4.69, 9.17) is 22.1 Å². The lowest BCUT2D eigenvalue weighted by Crippen LogP contribution is -2.21. The number of ether oxygens (including phenoxy) is 1. The van der Waals surface area contributed by atoms with Crippen molar-refractivity contribution in [3.8, 4) is 5.75 Å². The number of hydrogen-bond acceptors (Lipinski definition) is 3. The zero-order chi connectivity index (χ0) is 16.3. The van der Waals surface area contributed by atoms with E-state index in [1.54, 1.807) is 12.1 Å². The summed E-state index contributed by atoms with van der Waals surface area (Å²) >= 11 is 6.10. The van der Waals surface area contributed by atoms with Crippen LogP contribution in [0.3, 0.4) is 0 Å². The van der Waals surface area contributed by atoms with Crippen LogP contribution in [0.1, 0.15) is 16.7 Å². The van der Waals surface area contributed by atoms with Crippen LogP contribution < -0.4 is 15.8 Å². The van der Waals surface area contributed by atoms with Gasteiger partial charge in [0.25, 0.3) is 5.91 Å². The highest BCUT2D eigenvalue weighted by Gasteiger charge is 2.10. The fourth-order valence-corrected chi connectivity index (χ4v) is 2.59. The van der Waals surface area contributed by atoms with Crippen molar-refractivity contribution in [3.63, 3.8) is 0 Å². The molecule has 5 heteroatoms. The second-order valence-corrected chi connectivity index (χ2v) is 5.76. The summed E-state index contributed by atoms with van der Waals surface area (Å²) in [6.45, 7) is 5.72. The van der Waals surface area contributed by atoms with Crippen molar-refractivity contribution in [2.75, 3.05) is 17.7 Å². The maximum atomic E-state index is 12.0. The second kappa shape index (κ2) is 6.71. The summed E-state index contributed by atoms with van der Waals surface area (Å²) in [5, 5.41) is 3.17. The Hall–Kier alpha value is -2.20. The van der Waals surface area contributed by atoms with Crippen LogP contribution >= 0.6 is 11.6 Å². The maximum Gasteiger partial charge on any atom is 0.262 e. The molecule has 0 heterocycles. The highest BCUT2D eigenvalue weighted by molar-refractivity contribution is 6.34. The summed E-state index contributed by atoms with van der Waals surface area (Å²) in [4.78, 5) is 12.0. The third-order valence-electron chi connectivity index (χ3n) is 3.14. The number of nitrogen functional groups attached to an aromatic ring is 1. The normalized spacial score (nSPS) is 10.4. The fourth-order valence-electron chi connectivity index (χ4n) is 2.27. The number of aryl methyl sites for hydroxylation is 3. The lowest BCUT2D eigenvalue weighted by Gasteiger charge is -2.12. The van der Waals surface area contributed by atoms with Crippen LogP contribution in [0, 0.1) is 20.8 Å². The first-order chi connectivity index (χ1) is 10.3. The molecule has 3 N–H and O–H groups in total. The summed E-state index contributed by atoms with van der Waals surface area (Å²) in [7, 11) is 0. The molecule has 0 bridgehead atoms. The quantitative estimate of drug-likeness (QED) is 0.841. The number of halogens is 1. The van der Waals surface area contributed by atoms with Crippen LogP contribution in [0.15, 0.2) is 30.3 Å². The van der Waals surface area contributed by atoms with Crippen LogP contribution in [-0.4, -0.2) is 12.5 Å². The van der Waals surface area contributed by atoms with E-state index in [9.17, 15) is 4.79 Å². The Kier molecular flexibility index (Phi) is 4.93. The monoisotopic (exact) mass is 318 g/mol. The molecule has 0 saturated carbocycles. The Morgan fingerprint density at radius 3 is 2.36 bits per heavy atom. The molecule has 2 aromatic rings. The van der Waals surface area contributed by atoms with Crippen molar-refractivity contribution in [2.24, 2.45) is 0 Å². The van der Waals surface area contributed by atoms with Crippen LogP contribution in [0.2, 0.25) is 5.02 Å². The molecule has 116 valence electrons. The number of carbonyl (C=O) groups excluding carboxylic acids is 1. The van der Waals surface area contributed by atoms with Gasteiger partial charge in [-0.05, 0) is 61.7 Å². The second-order valence-electron chi connectivity index (χ2n) is 5.35. The molecule has 0 spiro atoms. The van der Waals surface area contributed by atoms with Gasteiger partial charge in [0, 0.05) is 5.69 Å². The topological polar surface area (TPSA) is 64.3 Å². The summed E-state index contributed by atoms with van der Waals surface area (Å²) in [6, 6.07) is 9.19. The summed E-state index contributed by atoms with van der Waals surface area (Å²) in [5.41, 5.74) is 9.81. The largest absolute Gasteiger partial charge is 0.484 e. The van der Waals surface area contributed by atoms with Gasteiger partial charge < -0.3 is 15.8 Å². The molecule has 1 amide bonds. The van der Waals surface area contributed by atoms with Crippen LogP contribution in [-0.2, 0) is 4.79 Å². The number of amides is 1. The number of hydrogen-bond donors (Lipinski definition) is 2. The number of nitrogens with one attached hydrogen (secondary N) is 1. The van der Waals surface area contributed by atoms with E-state index in [-0.39, 0.29) is 12.5 Å². The summed E-state index contributed by atoms with van der Waals surface area (Å²) in [5.74, 6) is 0.404. The first kappa shape index (κ1) is 16.2. The Morgan fingerprint density at radius 2 is 1.77 bits per heavy atom. The highest BCUT2D eigenvalue weighted by atomic mass is 35.5. The van der Waals surface area contributed by atoms with Crippen molar-refractivity contribution in [1.82, 2.24) is 0 Å². The van der Waals surface area contributed by atoms with Gasteiger partial charge >= 0.3 is 0 Å². The van der Waals surface area contributed by atoms with Gasteiger partial charge in [0.15, 0.2) is 6.61 Å². The Labute approximate surface area is 135 Å². The minimum Gasteiger partial charge on any atom is -0.484 e. The van der Waals surface area contributed by atoms with E-state index in [1.807, 2.05) is 39.0 Å². The van der Waals surface area contributed by atoms with Gasteiger partial charge in [-0.1, -0.05) is 17.7 Å². The van der Waals surface area contributed by atoms with Crippen molar-refractivity contribution in [3.05, 3.63) is 52.0 Å². The maximum absolute atomic E-state index is 12.0. The molecular formula is C17H19ClN2O2. The molecule has 0 aliphatic carbocycles. The number of benzene rings is 2. The predicted molar refractivity (Wildman–Crippen MR) is 90.6 cm³/mol. The fraction of sp³-hybridized carbons (Fsp3) is 0.235. The Bertz CT molecular complexity index is 671. The molecule has 0 atom stereocenters. The highest BCUT2D eigenvalue weighted by Crippen LogP contribution is 2.28. The van der Waals surface area contributed by atoms with E-state index in [1.165, 1.54) is 0 Å². The average Bonchev–Trinajstić information content (AvgIpc) is 2.39. The van der Waals surface area contributed by atoms with Gasteiger partial charge in [-0.2, -0.15) is 0 Å². The predicted octanol–water partition coefficient (Wildman–Crippen LogP) is 3.86. The Morgan fingerprint density at radius 1 is 1.14 bits per heavy atom. The molecule has 0 fully saturated rings. The van der Waals surface area contributed by atoms with Gasteiger partial charge in [0.2, 0.25) is 0 Å². The van der Waals surface area contributed by atoms with Crippen molar-refractivity contribution < 1.29 is 9.53 Å². The molecule has 2 rings (SSSR count). The van der Waals surface area contributed by atoms with E-state index >= 15 is 0 Å². The smallest absolute Gasteiger partial charge is 0.262 e. The zero-order valence-electron chi connectivity index (χ0n) is 12.9. The van der Waals surface area contributed by atoms with Gasteiger partial charge in [-0.3, -0.25) is 4.79 Å². The first-order valence-electron chi connectivity index (χ1n) is 6.91. The third kappa shape index (κ3) is 4.15. The Balaban J connectivity index is 2.02. The van der Waals surface area contributed by atoms with Crippen LogP contribution in [0.25, 0.3) is 0 Å². The molecule has 0 unspecified atom stereocenters. The SMILES string of the molecule is Cc1cc(C)cc(OCC(=O)Nc2c(C)cc(N)cc2Cl)c1. The molecule has 22 heavy (non-hydrogen) atoms. The third-order valence-corrected chi connectivity index (χ3v) is 3.44. The number of carbonyl (C=O) groups is 1. The van der Waals surface area contributed by atoms with Crippen molar-refractivity contribution >= 4 is 28.9 Å². The molecule has 0 aromatic heterocycles. The minimum absolute atomic E-state index is 0.0803. The lowest BCUT2D eigenvalue weighted by molar-refractivity contribution is -0.118. The number of nitrogens with two attached hydrogens (primary N) is 1. The van der Waals surface area contributed by atoms with E-state index in [2.05, 4.69) is 5.32 Å². The van der Waals surface area contributed by atoms with Gasteiger partial charge in [-0.15, -0.1) is 0 Å². The first-order valence-corrected chi connectivity index (χ1v) is 7.29. The van der Waals surface area contributed by atoms with Gasteiger partial charge in [0.1, 0.15) is 5.75 Å². The van der Waals surface area contributed by atoms with E-state index < -0.39 is 0 Å². The van der Waals surface area contributed by atoms with Crippen LogP contribution in [0.5, 0.6) is 5.75 Å². The molecule has 0 aliphatic heterocycles. The van der Waals surface area contributed by atoms with E-state index in [0.717, 1.165) is 16.7 Å². The van der Waals surface area contributed by atoms with Crippen LogP contribution in [0.4, 0.5) is 11.4 Å². The van der Waals surface area contributed by atoms with Crippen molar-refractivity contribution in [2.45, 2.75) is 20.8 Å². The zero-order valence-corrected chi connectivity index (χ0v) is 13.6. The molecule has 4 nitrogen and oxygen atoms in total. The molecule has 0 radical (unpaired) electrons. The molecule has 0 aliphatic rings. The molecular weight excluding hydrogens is 300 g/mol. The van der Waals surface area contributed by atoms with Gasteiger partial charge in [-0.25, -0.2) is 0 Å². The molecule has 0 saturated heterocycles. The standard InChI is InChI=1S/C17H19ClN2O2/c1-10-4-11(2)6-14(5-10)22-9-16(21)20-17-12(3)7-13(19)8-15(17)18/h4-8H,9,19H2,1-3H3,(H,20,21). The number of rotatable bonds is 4. The summed E-state index contributed by atoms with van der Waals surface area (Å²) < 4.78 is 5.53. The summed E-state index contributed by atoms with van der Waals surface area (Å²) in [6.07, 6.45) is 0. The van der Waals surface area contributed by atoms with E-state index in [0.29, 0.717) is 22.1 Å². The van der Waals surface area contributed by atoms with Gasteiger partial charge in [0.05, 0.1) is 10.7 Å². The number of anilines is 2. The lowest BCUT2D eigenvalue weighted by atomic mass is 10.1. The molecule has 2 aromatic carbocycles.